The molecule has 0 aromatic heterocycles. The van der Waals surface area contributed by atoms with Gasteiger partial charge in [0.2, 0.25) is 0 Å². The van der Waals surface area contributed by atoms with Crippen LogP contribution in [0.3, 0.4) is 0 Å². The maximum absolute atomic E-state index is 11.9. The van der Waals surface area contributed by atoms with Crippen molar-refractivity contribution in [2.24, 2.45) is 0 Å². The van der Waals surface area contributed by atoms with Crippen molar-refractivity contribution >= 4 is 38.0 Å². The summed E-state index contributed by atoms with van der Waals surface area (Å²) in [6.07, 6.45) is 5.06. The van der Waals surface area contributed by atoms with Gasteiger partial charge in [0.05, 0.1) is 6.61 Å². The summed E-state index contributed by atoms with van der Waals surface area (Å²) < 4.78 is 31.6. The lowest BCUT2D eigenvalue weighted by Crippen LogP contribution is -2.46. The first-order valence-corrected chi connectivity index (χ1v) is 11.2. The summed E-state index contributed by atoms with van der Waals surface area (Å²) in [4.78, 5) is 1.25. The van der Waals surface area contributed by atoms with E-state index in [1.807, 2.05) is 18.2 Å². The van der Waals surface area contributed by atoms with Gasteiger partial charge in [0, 0.05) is 21.0 Å². The zero-order valence-electron chi connectivity index (χ0n) is 13.3. The molecule has 7 heteroatoms. The van der Waals surface area contributed by atoms with E-state index in [-0.39, 0.29) is 22.7 Å². The Bertz CT molecular complexity index is 568. The summed E-state index contributed by atoms with van der Waals surface area (Å²) >= 11 is 5.43. The summed E-state index contributed by atoms with van der Waals surface area (Å²) in [5.41, 5.74) is 0. The van der Waals surface area contributed by atoms with Crippen molar-refractivity contribution in [2.75, 3.05) is 6.61 Å². The van der Waals surface area contributed by atoms with E-state index in [0.29, 0.717) is 6.42 Å². The lowest BCUT2D eigenvalue weighted by molar-refractivity contribution is 0.318. The van der Waals surface area contributed by atoms with Crippen molar-refractivity contribution < 1.29 is 12.6 Å². The molecule has 4 nitrogen and oxygen atoms in total. The molecule has 1 aliphatic rings. The van der Waals surface area contributed by atoms with Crippen LogP contribution in [0, 0.1) is 0 Å². The highest BCUT2D eigenvalue weighted by Gasteiger charge is 2.35. The van der Waals surface area contributed by atoms with Crippen molar-refractivity contribution in [1.29, 1.82) is 0 Å². The summed E-state index contributed by atoms with van der Waals surface area (Å²) in [6, 6.07) is 9.93. The van der Waals surface area contributed by atoms with Crippen LogP contribution < -0.4 is 4.72 Å². The molecule has 0 saturated carbocycles. The quantitative estimate of drug-likeness (QED) is 0.531. The summed E-state index contributed by atoms with van der Waals surface area (Å²) in [5, 5.41) is 0.140. The van der Waals surface area contributed by atoms with Crippen LogP contribution in [0.1, 0.15) is 39.0 Å². The van der Waals surface area contributed by atoms with Crippen LogP contribution in [0.5, 0.6) is 0 Å². The molecule has 1 aromatic carbocycles. The number of halogens is 1. The second kappa shape index (κ2) is 9.42. The number of hydrogen-bond donors (Lipinski definition) is 1. The Morgan fingerprint density at radius 1 is 1.35 bits per heavy atom. The number of nitrogens with one attached hydrogen (secondary N) is 1. The van der Waals surface area contributed by atoms with Gasteiger partial charge in [-0.05, 0) is 25.0 Å². The third-order valence-electron chi connectivity index (χ3n) is 3.83. The van der Waals surface area contributed by atoms with Crippen LogP contribution in [0.25, 0.3) is 0 Å². The van der Waals surface area contributed by atoms with E-state index in [1.165, 1.54) is 0 Å². The molecule has 23 heavy (non-hydrogen) atoms. The zero-order chi connectivity index (χ0) is 16.7. The second-order valence-electron chi connectivity index (χ2n) is 5.69. The van der Waals surface area contributed by atoms with Crippen LogP contribution in [-0.2, 0) is 14.5 Å². The fraction of sp³-hybridized carbons (Fsp3) is 0.625. The van der Waals surface area contributed by atoms with Gasteiger partial charge >= 0.3 is 10.3 Å². The Labute approximate surface area is 152 Å². The molecule has 1 aromatic rings. The molecule has 1 aliphatic heterocycles. The van der Waals surface area contributed by atoms with Gasteiger partial charge in [0.1, 0.15) is 0 Å². The van der Waals surface area contributed by atoms with Crippen molar-refractivity contribution in [3.63, 3.8) is 0 Å². The first-order valence-electron chi connectivity index (χ1n) is 8.04. The number of thioether (sulfide) groups is 1. The maximum Gasteiger partial charge on any atom is 0.336 e. The molecule has 0 radical (unpaired) electrons. The van der Waals surface area contributed by atoms with Crippen LogP contribution in [-0.4, -0.2) is 31.1 Å². The van der Waals surface area contributed by atoms with Crippen LogP contribution >= 0.6 is 27.7 Å². The molecule has 0 amide bonds. The predicted octanol–water partition coefficient (Wildman–Crippen LogP) is 4.11. The van der Waals surface area contributed by atoms with Crippen LogP contribution in [0.4, 0.5) is 0 Å². The smallest absolute Gasteiger partial charge is 0.258 e. The number of hydrogen-bond acceptors (Lipinski definition) is 4. The Balaban J connectivity index is 2.11. The van der Waals surface area contributed by atoms with Gasteiger partial charge in [-0.3, -0.25) is 4.18 Å². The Hall–Kier alpha value is -0.0800. The molecule has 0 spiro atoms. The average molecular weight is 422 g/mol. The van der Waals surface area contributed by atoms with Gasteiger partial charge in [0.25, 0.3) is 0 Å². The molecule has 1 N–H and O–H groups in total. The molecule has 1 heterocycles. The number of unbranched alkanes of at least 4 members (excludes halogenated alkanes) is 2. The first-order chi connectivity index (χ1) is 11.0. The van der Waals surface area contributed by atoms with E-state index in [0.717, 1.165) is 30.6 Å². The van der Waals surface area contributed by atoms with Crippen molar-refractivity contribution in [2.45, 2.75) is 60.0 Å². The molecule has 3 atom stereocenters. The molecule has 130 valence electrons. The lowest BCUT2D eigenvalue weighted by atomic mass is 10.0. The molecular weight excluding hydrogens is 398 g/mol. The highest BCUT2D eigenvalue weighted by Crippen LogP contribution is 2.33. The summed E-state index contributed by atoms with van der Waals surface area (Å²) in [5.74, 6) is 0. The Morgan fingerprint density at radius 3 is 2.78 bits per heavy atom. The van der Waals surface area contributed by atoms with E-state index >= 15 is 0 Å². The number of alkyl halides is 1. The minimum Gasteiger partial charge on any atom is -0.258 e. The Kier molecular flexibility index (Phi) is 7.88. The summed E-state index contributed by atoms with van der Waals surface area (Å²) in [6.45, 7) is 2.39. The van der Waals surface area contributed by atoms with Crippen LogP contribution in [0.15, 0.2) is 35.2 Å². The second-order valence-corrected chi connectivity index (χ2v) is 9.56. The van der Waals surface area contributed by atoms with Gasteiger partial charge in [-0.15, -0.1) is 11.8 Å². The minimum atomic E-state index is -3.66. The van der Waals surface area contributed by atoms with E-state index in [9.17, 15) is 8.42 Å². The van der Waals surface area contributed by atoms with Crippen molar-refractivity contribution in [1.82, 2.24) is 4.72 Å². The van der Waals surface area contributed by atoms with E-state index in [4.69, 9.17) is 4.18 Å². The lowest BCUT2D eigenvalue weighted by Gasteiger charge is -2.28. The number of rotatable bonds is 7. The molecule has 1 saturated heterocycles. The minimum absolute atomic E-state index is 0.103. The topological polar surface area (TPSA) is 55.4 Å². The van der Waals surface area contributed by atoms with E-state index in [2.05, 4.69) is 39.7 Å². The highest BCUT2D eigenvalue weighted by atomic mass is 79.9. The van der Waals surface area contributed by atoms with Gasteiger partial charge in [-0.1, -0.05) is 60.3 Å². The van der Waals surface area contributed by atoms with E-state index < -0.39 is 10.3 Å². The molecule has 1 fully saturated rings. The number of benzene rings is 1. The zero-order valence-corrected chi connectivity index (χ0v) is 16.5. The first kappa shape index (κ1) is 19.2. The van der Waals surface area contributed by atoms with Gasteiger partial charge < -0.3 is 0 Å². The third kappa shape index (κ3) is 6.38. The maximum atomic E-state index is 11.9. The molecule has 0 bridgehead atoms. The van der Waals surface area contributed by atoms with Crippen LogP contribution in [0.2, 0.25) is 0 Å². The van der Waals surface area contributed by atoms with E-state index in [1.54, 1.807) is 11.8 Å². The van der Waals surface area contributed by atoms with Gasteiger partial charge in [-0.2, -0.15) is 13.1 Å². The van der Waals surface area contributed by atoms with Gasteiger partial charge in [-0.25, -0.2) is 0 Å². The average Bonchev–Trinajstić information content (AvgIpc) is 2.67. The molecular formula is C16H24BrNO3S2. The third-order valence-corrected chi connectivity index (χ3v) is 7.27. The standard InChI is InChI=1S/C16H24BrNO3S2/c1-2-3-5-10-14(17)16-15(11-12-21-23(19,20)18-16)22-13-8-6-4-7-9-13/h4,6-9,14-16,18H,2-3,5,10-12H2,1H3/t14-,15+,16?/m0/s1. The molecule has 1 unspecified atom stereocenters. The summed E-state index contributed by atoms with van der Waals surface area (Å²) in [7, 11) is -3.66. The normalized spacial score (nSPS) is 25.7. The molecule has 2 rings (SSSR count). The fourth-order valence-electron chi connectivity index (χ4n) is 2.61. The van der Waals surface area contributed by atoms with Crippen molar-refractivity contribution in [3.05, 3.63) is 30.3 Å². The monoisotopic (exact) mass is 421 g/mol. The molecule has 0 aliphatic carbocycles. The Morgan fingerprint density at radius 2 is 2.09 bits per heavy atom. The predicted molar refractivity (Wildman–Crippen MR) is 99.4 cm³/mol. The van der Waals surface area contributed by atoms with Gasteiger partial charge in [0.15, 0.2) is 0 Å². The van der Waals surface area contributed by atoms with Crippen molar-refractivity contribution in [3.8, 4) is 0 Å². The highest BCUT2D eigenvalue weighted by molar-refractivity contribution is 9.09. The largest absolute Gasteiger partial charge is 0.336 e. The fourth-order valence-corrected chi connectivity index (χ4v) is 6.23. The SMILES string of the molecule is CCCCC[C@H](Br)C1NS(=O)(=O)OCC[C@H]1Sc1ccccc1.